The first-order chi connectivity index (χ1) is 14.4. The van der Waals surface area contributed by atoms with Gasteiger partial charge >= 0.3 is 0 Å². The summed E-state index contributed by atoms with van der Waals surface area (Å²) in [4.78, 5) is 18.4. The Morgan fingerprint density at radius 1 is 1.47 bits per heavy atom. The molecule has 2 N–H and O–H groups in total. The highest BCUT2D eigenvalue weighted by Crippen LogP contribution is 2.33. The van der Waals surface area contributed by atoms with E-state index in [0.717, 1.165) is 16.9 Å². The van der Waals surface area contributed by atoms with Crippen LogP contribution in [-0.2, 0) is 11.3 Å². The second-order valence-corrected chi connectivity index (χ2v) is 7.74. The molecule has 1 aromatic rings. The zero-order valence-electron chi connectivity index (χ0n) is 18.4. The van der Waals surface area contributed by atoms with Gasteiger partial charge in [-0.25, -0.2) is 0 Å². The van der Waals surface area contributed by atoms with Gasteiger partial charge in [0, 0.05) is 57.0 Å². The molecule has 3 atom stereocenters. The van der Waals surface area contributed by atoms with Crippen LogP contribution >= 0.6 is 0 Å². The summed E-state index contributed by atoms with van der Waals surface area (Å²) in [5.41, 5.74) is 2.82. The Labute approximate surface area is 179 Å². The van der Waals surface area contributed by atoms with E-state index in [0.29, 0.717) is 19.5 Å². The predicted octanol–water partition coefficient (Wildman–Crippen LogP) is 2.65. The van der Waals surface area contributed by atoms with Crippen molar-refractivity contribution < 1.29 is 9.90 Å². The molecule has 0 saturated carbocycles. The van der Waals surface area contributed by atoms with E-state index in [9.17, 15) is 15.2 Å². The van der Waals surface area contributed by atoms with Crippen LogP contribution in [0.3, 0.4) is 0 Å². The molecule has 1 aliphatic rings. The zero-order valence-corrected chi connectivity index (χ0v) is 18.4. The fraction of sp³-hybridized carbons (Fsp3) is 0.478. The first-order valence-corrected chi connectivity index (χ1v) is 10.3. The van der Waals surface area contributed by atoms with Crippen molar-refractivity contribution in [3.63, 3.8) is 0 Å². The molecule has 1 aliphatic heterocycles. The van der Waals surface area contributed by atoms with Gasteiger partial charge in [-0.05, 0) is 50.2 Å². The van der Waals surface area contributed by atoms with Crippen LogP contribution in [-0.4, -0.2) is 49.2 Å². The van der Waals surface area contributed by atoms with Crippen LogP contribution in [0, 0.1) is 23.2 Å². The lowest BCUT2D eigenvalue weighted by atomic mass is 10.0. The Hall–Kier alpha value is -2.98. The lowest BCUT2D eigenvalue weighted by molar-refractivity contribution is -0.121. The molecule has 2 rings (SSSR count). The summed E-state index contributed by atoms with van der Waals surface area (Å²) < 4.78 is 0. The summed E-state index contributed by atoms with van der Waals surface area (Å²) in [6.07, 6.45) is 6.19. The molecule has 1 amide bonds. The van der Waals surface area contributed by atoms with Crippen molar-refractivity contribution in [3.8, 4) is 6.07 Å². The predicted molar refractivity (Wildman–Crippen MR) is 121 cm³/mol. The van der Waals surface area contributed by atoms with Crippen molar-refractivity contribution in [2.45, 2.75) is 32.9 Å². The number of amides is 1. The van der Waals surface area contributed by atoms with Crippen LogP contribution in [0.4, 0.5) is 11.4 Å². The van der Waals surface area contributed by atoms with Gasteiger partial charge in [-0.1, -0.05) is 6.58 Å². The molecule has 0 radical (unpaired) electrons. The Morgan fingerprint density at radius 3 is 2.77 bits per heavy atom. The van der Waals surface area contributed by atoms with Gasteiger partial charge in [0.25, 0.3) is 0 Å². The molecular formula is C23H33N5O2. The Kier molecular flexibility index (Phi) is 8.31. The SMILES string of the molecule is C=CN(C)Cc1cc(N2CCC(CO)C2=O)ccc1N(/C=C\NC)[C@@H](C)C(C)C#N. The number of hydrogen-bond donors (Lipinski definition) is 2. The van der Waals surface area contributed by atoms with Crippen LogP contribution in [0.5, 0.6) is 0 Å². The van der Waals surface area contributed by atoms with E-state index in [4.69, 9.17) is 0 Å². The fourth-order valence-corrected chi connectivity index (χ4v) is 3.56. The average molecular weight is 412 g/mol. The maximum absolute atomic E-state index is 12.6. The second kappa shape index (κ2) is 10.7. The van der Waals surface area contributed by atoms with E-state index in [1.165, 1.54) is 0 Å². The largest absolute Gasteiger partial charge is 0.396 e. The topological polar surface area (TPSA) is 82.8 Å². The molecule has 0 aromatic heterocycles. The molecule has 0 bridgehead atoms. The number of hydrogen-bond acceptors (Lipinski definition) is 6. The quantitative estimate of drug-likeness (QED) is 0.616. The molecule has 0 aliphatic carbocycles. The Bertz CT molecular complexity index is 816. The van der Waals surface area contributed by atoms with Crippen molar-refractivity contribution in [1.29, 1.82) is 5.26 Å². The van der Waals surface area contributed by atoms with E-state index in [-0.39, 0.29) is 30.4 Å². The second-order valence-electron chi connectivity index (χ2n) is 7.74. The summed E-state index contributed by atoms with van der Waals surface area (Å²) in [5, 5.41) is 21.9. The first kappa shape index (κ1) is 23.3. The maximum Gasteiger partial charge on any atom is 0.232 e. The lowest BCUT2D eigenvalue weighted by Crippen LogP contribution is -2.34. The van der Waals surface area contributed by atoms with Crippen LogP contribution in [0.25, 0.3) is 0 Å². The number of nitrogens with zero attached hydrogens (tertiary/aromatic N) is 4. The number of aliphatic hydroxyl groups excluding tert-OH is 1. The third-order valence-electron chi connectivity index (χ3n) is 5.69. The molecule has 1 saturated heterocycles. The van der Waals surface area contributed by atoms with E-state index in [1.807, 2.05) is 63.4 Å². The summed E-state index contributed by atoms with van der Waals surface area (Å²) in [6.45, 7) is 8.87. The monoisotopic (exact) mass is 411 g/mol. The third-order valence-corrected chi connectivity index (χ3v) is 5.69. The van der Waals surface area contributed by atoms with Crippen LogP contribution in [0.1, 0.15) is 25.8 Å². The average Bonchev–Trinajstić information content (AvgIpc) is 3.14. The minimum Gasteiger partial charge on any atom is -0.396 e. The number of nitriles is 1. The van der Waals surface area contributed by atoms with Crippen molar-refractivity contribution in [3.05, 3.63) is 48.9 Å². The van der Waals surface area contributed by atoms with Gasteiger partial charge in [0.15, 0.2) is 0 Å². The normalized spacial score (nSPS) is 18.2. The van der Waals surface area contributed by atoms with E-state index in [1.54, 1.807) is 11.1 Å². The van der Waals surface area contributed by atoms with E-state index >= 15 is 0 Å². The van der Waals surface area contributed by atoms with Gasteiger partial charge in [-0.2, -0.15) is 5.26 Å². The van der Waals surface area contributed by atoms with Gasteiger partial charge < -0.3 is 25.1 Å². The molecule has 1 fully saturated rings. The van der Waals surface area contributed by atoms with Crippen molar-refractivity contribution in [1.82, 2.24) is 10.2 Å². The van der Waals surface area contributed by atoms with Gasteiger partial charge in [0.2, 0.25) is 5.91 Å². The summed E-state index contributed by atoms with van der Waals surface area (Å²) in [5.74, 6) is -0.538. The molecule has 7 heteroatoms. The van der Waals surface area contributed by atoms with Crippen molar-refractivity contribution in [2.75, 3.05) is 37.0 Å². The summed E-state index contributed by atoms with van der Waals surface area (Å²) in [7, 11) is 3.78. The van der Waals surface area contributed by atoms with Crippen molar-refractivity contribution in [2.24, 2.45) is 11.8 Å². The standard InChI is InChI=1S/C23H33N5O2/c1-6-26(5)15-20-13-21(28-11-9-19(16-29)23(28)30)7-8-22(20)27(12-10-25-4)18(3)17(2)14-24/h6-8,10,12-13,17-19,25,29H,1,9,11,15-16H2,2-5H3/b12-10-/t17?,18-,19?/m0/s1. The highest BCUT2D eigenvalue weighted by Gasteiger charge is 2.32. The zero-order chi connectivity index (χ0) is 22.3. The molecule has 162 valence electrons. The summed E-state index contributed by atoms with van der Waals surface area (Å²) in [6, 6.07) is 8.25. The molecule has 0 spiro atoms. The Balaban J connectivity index is 2.51. The molecule has 7 nitrogen and oxygen atoms in total. The van der Waals surface area contributed by atoms with E-state index < -0.39 is 0 Å². The Morgan fingerprint density at radius 2 is 2.20 bits per heavy atom. The lowest BCUT2D eigenvalue weighted by Gasteiger charge is -2.33. The first-order valence-electron chi connectivity index (χ1n) is 10.3. The number of aliphatic hydroxyl groups is 1. The number of anilines is 2. The number of carbonyl (C=O) groups is 1. The molecule has 30 heavy (non-hydrogen) atoms. The smallest absolute Gasteiger partial charge is 0.232 e. The van der Waals surface area contributed by atoms with Crippen molar-refractivity contribution >= 4 is 17.3 Å². The highest BCUT2D eigenvalue weighted by molar-refractivity contribution is 5.97. The fourth-order valence-electron chi connectivity index (χ4n) is 3.56. The van der Waals surface area contributed by atoms with Crippen LogP contribution in [0.15, 0.2) is 43.4 Å². The molecule has 1 aromatic carbocycles. The van der Waals surface area contributed by atoms with Crippen LogP contribution < -0.4 is 15.1 Å². The maximum atomic E-state index is 12.6. The van der Waals surface area contributed by atoms with Gasteiger partial charge in [0.1, 0.15) is 0 Å². The minimum atomic E-state index is -0.324. The third kappa shape index (κ3) is 5.14. The molecule has 2 unspecified atom stereocenters. The minimum absolute atomic E-state index is 0.0355. The number of benzene rings is 1. The molecular weight excluding hydrogens is 378 g/mol. The van der Waals surface area contributed by atoms with Gasteiger partial charge in [-0.3, -0.25) is 4.79 Å². The molecule has 1 heterocycles. The van der Waals surface area contributed by atoms with Gasteiger partial charge in [0.05, 0.1) is 24.5 Å². The number of carbonyl (C=O) groups excluding carboxylic acids is 1. The van der Waals surface area contributed by atoms with Crippen LogP contribution in [0.2, 0.25) is 0 Å². The summed E-state index contributed by atoms with van der Waals surface area (Å²) >= 11 is 0. The number of rotatable bonds is 10. The highest BCUT2D eigenvalue weighted by atomic mass is 16.3. The number of nitrogens with one attached hydrogen (secondary N) is 1. The van der Waals surface area contributed by atoms with Gasteiger partial charge in [-0.15, -0.1) is 0 Å². The van der Waals surface area contributed by atoms with E-state index in [2.05, 4.69) is 22.9 Å².